The summed E-state index contributed by atoms with van der Waals surface area (Å²) in [6, 6.07) is 9.45. The largest absolute Gasteiger partial charge is 0.361 e. The fourth-order valence-corrected chi connectivity index (χ4v) is 3.12. The van der Waals surface area contributed by atoms with E-state index in [0.29, 0.717) is 6.04 Å². The number of aromatic nitrogens is 1. The second kappa shape index (κ2) is 5.35. The van der Waals surface area contributed by atoms with Crippen LogP contribution in [0.5, 0.6) is 0 Å². The Morgan fingerprint density at radius 1 is 1.37 bits per heavy atom. The van der Waals surface area contributed by atoms with Gasteiger partial charge < -0.3 is 15.2 Å². The zero-order valence-electron chi connectivity index (χ0n) is 11.8. The van der Waals surface area contributed by atoms with Crippen LogP contribution in [0.1, 0.15) is 18.9 Å². The number of aromatic amines is 1. The molecule has 2 N–H and O–H groups in total. The minimum absolute atomic E-state index is 0.651. The van der Waals surface area contributed by atoms with Gasteiger partial charge >= 0.3 is 0 Å². The van der Waals surface area contributed by atoms with Crippen LogP contribution in [0.3, 0.4) is 0 Å². The first-order valence-corrected chi connectivity index (χ1v) is 7.20. The maximum Gasteiger partial charge on any atom is 0.0454 e. The van der Waals surface area contributed by atoms with E-state index >= 15 is 0 Å². The highest BCUT2D eigenvalue weighted by atomic mass is 15.1. The number of hydrogen-bond acceptors (Lipinski definition) is 2. The van der Waals surface area contributed by atoms with Crippen LogP contribution in [-0.4, -0.2) is 36.1 Å². The third kappa shape index (κ3) is 2.82. The normalized spacial score (nSPS) is 24.9. The fourth-order valence-electron chi connectivity index (χ4n) is 3.12. The van der Waals surface area contributed by atoms with Gasteiger partial charge in [-0.2, -0.15) is 0 Å². The Hall–Kier alpha value is -1.32. The number of likely N-dealkylation sites (tertiary alicyclic amines) is 1. The molecule has 0 amide bonds. The van der Waals surface area contributed by atoms with E-state index in [-0.39, 0.29) is 0 Å². The summed E-state index contributed by atoms with van der Waals surface area (Å²) in [6.45, 7) is 5.73. The van der Waals surface area contributed by atoms with Crippen molar-refractivity contribution >= 4 is 10.9 Å². The smallest absolute Gasteiger partial charge is 0.0454 e. The molecular weight excluding hydrogens is 234 g/mol. The topological polar surface area (TPSA) is 31.1 Å². The molecule has 1 fully saturated rings. The van der Waals surface area contributed by atoms with Crippen LogP contribution in [0.25, 0.3) is 10.9 Å². The molecule has 2 unspecified atom stereocenters. The van der Waals surface area contributed by atoms with Crippen LogP contribution in [0.2, 0.25) is 0 Å². The second-order valence-corrected chi connectivity index (χ2v) is 5.91. The lowest BCUT2D eigenvalue weighted by atomic mass is 9.94. The summed E-state index contributed by atoms with van der Waals surface area (Å²) >= 11 is 0. The van der Waals surface area contributed by atoms with Gasteiger partial charge in [-0.3, -0.25) is 0 Å². The van der Waals surface area contributed by atoms with Crippen molar-refractivity contribution in [2.24, 2.45) is 5.92 Å². The lowest BCUT2D eigenvalue weighted by molar-refractivity contribution is 0.174. The summed E-state index contributed by atoms with van der Waals surface area (Å²) in [4.78, 5) is 5.66. The fraction of sp³-hybridized carbons (Fsp3) is 0.500. The SMILES string of the molecule is CC1CN(C)CCC1NCc1ccc2[nH]ccc2c1. The van der Waals surface area contributed by atoms with Gasteiger partial charge in [0.05, 0.1) is 0 Å². The molecule has 3 heteroatoms. The van der Waals surface area contributed by atoms with E-state index in [0.717, 1.165) is 12.5 Å². The molecule has 0 saturated carbocycles. The van der Waals surface area contributed by atoms with Crippen LogP contribution < -0.4 is 5.32 Å². The Bertz CT molecular complexity index is 546. The first-order chi connectivity index (χ1) is 9.22. The summed E-state index contributed by atoms with van der Waals surface area (Å²) < 4.78 is 0. The monoisotopic (exact) mass is 257 g/mol. The Kier molecular flexibility index (Phi) is 3.58. The molecule has 3 nitrogen and oxygen atoms in total. The zero-order chi connectivity index (χ0) is 13.2. The van der Waals surface area contributed by atoms with Gasteiger partial charge in [0.25, 0.3) is 0 Å². The lowest BCUT2D eigenvalue weighted by Crippen LogP contribution is -2.46. The van der Waals surface area contributed by atoms with Crippen molar-refractivity contribution < 1.29 is 0 Å². The molecule has 1 aromatic carbocycles. The molecule has 1 saturated heterocycles. The maximum absolute atomic E-state index is 3.73. The molecule has 0 aliphatic carbocycles. The zero-order valence-corrected chi connectivity index (χ0v) is 11.8. The molecule has 2 atom stereocenters. The molecule has 2 aromatic rings. The molecule has 0 spiro atoms. The number of rotatable bonds is 3. The van der Waals surface area contributed by atoms with Crippen LogP contribution in [0.4, 0.5) is 0 Å². The Morgan fingerprint density at radius 2 is 2.26 bits per heavy atom. The van der Waals surface area contributed by atoms with E-state index < -0.39 is 0 Å². The number of fused-ring (bicyclic) bond motifs is 1. The third-order valence-corrected chi connectivity index (χ3v) is 4.29. The summed E-state index contributed by atoms with van der Waals surface area (Å²) in [7, 11) is 2.21. The van der Waals surface area contributed by atoms with Crippen LogP contribution in [-0.2, 0) is 6.54 Å². The molecule has 0 radical (unpaired) electrons. The van der Waals surface area contributed by atoms with Gasteiger partial charge in [0.2, 0.25) is 0 Å². The molecule has 0 bridgehead atoms. The van der Waals surface area contributed by atoms with Crippen molar-refractivity contribution in [1.29, 1.82) is 0 Å². The van der Waals surface area contributed by atoms with Gasteiger partial charge in [0.15, 0.2) is 0 Å². The van der Waals surface area contributed by atoms with Crippen LogP contribution >= 0.6 is 0 Å². The van der Waals surface area contributed by atoms with Crippen molar-refractivity contribution in [3.63, 3.8) is 0 Å². The molecule has 1 aromatic heterocycles. The van der Waals surface area contributed by atoms with Crippen LogP contribution in [0, 0.1) is 5.92 Å². The second-order valence-electron chi connectivity index (χ2n) is 5.91. The van der Waals surface area contributed by atoms with Crippen LogP contribution in [0.15, 0.2) is 30.5 Å². The summed E-state index contributed by atoms with van der Waals surface area (Å²) in [5.74, 6) is 0.731. The van der Waals surface area contributed by atoms with Crippen molar-refractivity contribution in [3.05, 3.63) is 36.0 Å². The highest BCUT2D eigenvalue weighted by Gasteiger charge is 2.23. The van der Waals surface area contributed by atoms with Gasteiger partial charge in [0.1, 0.15) is 0 Å². The van der Waals surface area contributed by atoms with E-state index in [1.54, 1.807) is 0 Å². The number of H-pyrrole nitrogens is 1. The average Bonchev–Trinajstić information content (AvgIpc) is 2.85. The first-order valence-electron chi connectivity index (χ1n) is 7.20. The molecule has 2 heterocycles. The molecule has 102 valence electrons. The van der Waals surface area contributed by atoms with Crippen molar-refractivity contribution in [2.75, 3.05) is 20.1 Å². The Labute approximate surface area is 115 Å². The number of benzene rings is 1. The number of hydrogen-bond donors (Lipinski definition) is 2. The molecule has 3 rings (SSSR count). The van der Waals surface area contributed by atoms with E-state index in [2.05, 4.69) is 53.4 Å². The standard InChI is InChI=1S/C16H23N3/c1-12-11-19(2)8-6-15(12)18-10-13-3-4-16-14(9-13)5-7-17-16/h3-5,7,9,12,15,17-18H,6,8,10-11H2,1-2H3. The van der Waals surface area contributed by atoms with Gasteiger partial charge in [-0.25, -0.2) is 0 Å². The van der Waals surface area contributed by atoms with E-state index in [9.17, 15) is 0 Å². The van der Waals surface area contributed by atoms with Gasteiger partial charge in [-0.1, -0.05) is 13.0 Å². The number of piperidine rings is 1. The Morgan fingerprint density at radius 3 is 3.11 bits per heavy atom. The predicted octanol–water partition coefficient (Wildman–Crippen LogP) is 2.60. The minimum atomic E-state index is 0.651. The number of nitrogens with zero attached hydrogens (tertiary/aromatic N) is 1. The number of nitrogens with one attached hydrogen (secondary N) is 2. The van der Waals surface area contributed by atoms with Gasteiger partial charge in [0, 0.05) is 30.8 Å². The highest BCUT2D eigenvalue weighted by molar-refractivity contribution is 5.79. The summed E-state index contributed by atoms with van der Waals surface area (Å²) in [5.41, 5.74) is 2.59. The maximum atomic E-state index is 3.73. The van der Waals surface area contributed by atoms with E-state index in [1.807, 2.05) is 6.20 Å². The summed E-state index contributed by atoms with van der Waals surface area (Å²) in [5, 5.41) is 5.03. The Balaban J connectivity index is 1.62. The third-order valence-electron chi connectivity index (χ3n) is 4.29. The van der Waals surface area contributed by atoms with Crippen molar-refractivity contribution in [1.82, 2.24) is 15.2 Å². The minimum Gasteiger partial charge on any atom is -0.361 e. The van der Waals surface area contributed by atoms with Gasteiger partial charge in [-0.05, 0) is 55.1 Å². The van der Waals surface area contributed by atoms with Crippen molar-refractivity contribution in [3.8, 4) is 0 Å². The van der Waals surface area contributed by atoms with E-state index in [1.165, 1.54) is 36.0 Å². The first kappa shape index (κ1) is 12.7. The van der Waals surface area contributed by atoms with E-state index in [4.69, 9.17) is 0 Å². The molecular formula is C16H23N3. The quantitative estimate of drug-likeness (QED) is 0.885. The van der Waals surface area contributed by atoms with Crippen molar-refractivity contribution in [2.45, 2.75) is 25.9 Å². The average molecular weight is 257 g/mol. The molecule has 1 aliphatic rings. The highest BCUT2D eigenvalue weighted by Crippen LogP contribution is 2.17. The predicted molar refractivity (Wildman–Crippen MR) is 80.2 cm³/mol. The molecule has 19 heavy (non-hydrogen) atoms. The lowest BCUT2D eigenvalue weighted by Gasteiger charge is -2.35. The molecule has 1 aliphatic heterocycles. The van der Waals surface area contributed by atoms with Gasteiger partial charge in [-0.15, -0.1) is 0 Å². The summed E-state index contributed by atoms with van der Waals surface area (Å²) in [6.07, 6.45) is 3.25.